The molecule has 0 saturated heterocycles. The Kier molecular flexibility index (Phi) is 7.46. The van der Waals surface area contributed by atoms with E-state index >= 15 is 0 Å². The van der Waals surface area contributed by atoms with Gasteiger partial charge in [0, 0.05) is 24.8 Å². The van der Waals surface area contributed by atoms with Crippen molar-refractivity contribution in [1.82, 2.24) is 9.80 Å². The topological polar surface area (TPSA) is 49.6 Å². The van der Waals surface area contributed by atoms with Crippen LogP contribution in [0.4, 0.5) is 5.69 Å². The van der Waals surface area contributed by atoms with Gasteiger partial charge in [0.15, 0.2) is 0 Å². The van der Waals surface area contributed by atoms with E-state index in [9.17, 15) is 4.79 Å². The minimum absolute atomic E-state index is 0. The molecule has 124 valence electrons. The molecule has 1 fully saturated rings. The van der Waals surface area contributed by atoms with Gasteiger partial charge in [-0.25, -0.2) is 0 Å². The van der Waals surface area contributed by atoms with Crippen LogP contribution in [0.3, 0.4) is 0 Å². The molecule has 0 aliphatic heterocycles. The molecule has 1 aromatic rings. The summed E-state index contributed by atoms with van der Waals surface area (Å²) >= 11 is 6.20. The lowest BCUT2D eigenvalue weighted by molar-refractivity contribution is 0.0668. The van der Waals surface area contributed by atoms with Crippen molar-refractivity contribution in [2.24, 2.45) is 0 Å². The van der Waals surface area contributed by atoms with E-state index in [1.807, 2.05) is 19.0 Å². The lowest BCUT2D eigenvalue weighted by Gasteiger charge is -2.30. The SMILES string of the molecule is CN(C)CCN(C(=O)c1ccc(N)cc1Cl)C1CCCC1.Cl. The van der Waals surface area contributed by atoms with Crippen molar-refractivity contribution in [2.75, 3.05) is 32.9 Å². The fraction of sp³-hybridized carbons (Fsp3) is 0.562. The smallest absolute Gasteiger partial charge is 0.255 e. The molecule has 0 spiro atoms. The molecule has 0 aromatic heterocycles. The number of likely N-dealkylation sites (N-methyl/N-ethyl adjacent to an activating group) is 1. The molecule has 0 radical (unpaired) electrons. The van der Waals surface area contributed by atoms with Gasteiger partial charge < -0.3 is 15.5 Å². The van der Waals surface area contributed by atoms with Gasteiger partial charge in [-0.3, -0.25) is 4.79 Å². The third-order valence-electron chi connectivity index (χ3n) is 4.04. The first-order valence-corrected chi connectivity index (χ1v) is 7.87. The van der Waals surface area contributed by atoms with Gasteiger partial charge in [0.1, 0.15) is 0 Å². The highest BCUT2D eigenvalue weighted by Gasteiger charge is 2.28. The number of amides is 1. The first kappa shape index (κ1) is 19.1. The van der Waals surface area contributed by atoms with Crippen LogP contribution in [0.2, 0.25) is 5.02 Å². The van der Waals surface area contributed by atoms with Crippen molar-refractivity contribution in [3.63, 3.8) is 0 Å². The van der Waals surface area contributed by atoms with Crippen molar-refractivity contribution in [2.45, 2.75) is 31.7 Å². The van der Waals surface area contributed by atoms with E-state index in [0.717, 1.165) is 25.9 Å². The van der Waals surface area contributed by atoms with Crippen molar-refractivity contribution in [3.05, 3.63) is 28.8 Å². The molecule has 0 atom stereocenters. The second-order valence-corrected chi connectivity index (χ2v) is 6.39. The van der Waals surface area contributed by atoms with Gasteiger partial charge >= 0.3 is 0 Å². The monoisotopic (exact) mass is 345 g/mol. The maximum atomic E-state index is 12.9. The van der Waals surface area contributed by atoms with Crippen LogP contribution in [0.1, 0.15) is 36.0 Å². The van der Waals surface area contributed by atoms with Gasteiger partial charge in [0.25, 0.3) is 5.91 Å². The zero-order chi connectivity index (χ0) is 15.4. The van der Waals surface area contributed by atoms with Gasteiger partial charge in [0.2, 0.25) is 0 Å². The van der Waals surface area contributed by atoms with E-state index in [1.54, 1.807) is 18.2 Å². The van der Waals surface area contributed by atoms with Gasteiger partial charge in [-0.15, -0.1) is 12.4 Å². The molecule has 0 bridgehead atoms. The largest absolute Gasteiger partial charge is 0.399 e. The third-order valence-corrected chi connectivity index (χ3v) is 4.35. The molecule has 1 aromatic carbocycles. The summed E-state index contributed by atoms with van der Waals surface area (Å²) in [6.45, 7) is 1.59. The standard InChI is InChI=1S/C16H24ClN3O.ClH/c1-19(2)9-10-20(13-5-3-4-6-13)16(21)14-8-7-12(18)11-15(14)17;/h7-8,11,13H,3-6,9-10,18H2,1-2H3;1H. The molecule has 4 nitrogen and oxygen atoms in total. The lowest BCUT2D eigenvalue weighted by Crippen LogP contribution is -2.42. The average Bonchev–Trinajstić information content (AvgIpc) is 2.92. The number of anilines is 1. The summed E-state index contributed by atoms with van der Waals surface area (Å²) in [6.07, 6.45) is 4.58. The molecule has 2 N–H and O–H groups in total. The predicted molar refractivity (Wildman–Crippen MR) is 95.0 cm³/mol. The predicted octanol–water partition coefficient (Wildman–Crippen LogP) is 3.29. The number of benzene rings is 1. The number of nitrogens with two attached hydrogens (primary N) is 1. The first-order valence-electron chi connectivity index (χ1n) is 7.50. The molecule has 1 aliphatic rings. The van der Waals surface area contributed by atoms with Crippen LogP contribution in [0.15, 0.2) is 18.2 Å². The maximum absolute atomic E-state index is 12.9. The van der Waals surface area contributed by atoms with Gasteiger partial charge in [-0.2, -0.15) is 0 Å². The molecule has 2 rings (SSSR count). The summed E-state index contributed by atoms with van der Waals surface area (Å²) in [5.74, 6) is 0.0220. The number of carbonyl (C=O) groups is 1. The number of carbonyl (C=O) groups excluding carboxylic acids is 1. The highest BCUT2D eigenvalue weighted by molar-refractivity contribution is 6.34. The quantitative estimate of drug-likeness (QED) is 0.833. The van der Waals surface area contributed by atoms with Crippen LogP contribution < -0.4 is 5.73 Å². The van der Waals surface area contributed by atoms with E-state index < -0.39 is 0 Å². The number of nitrogens with zero attached hydrogens (tertiary/aromatic N) is 2. The van der Waals surface area contributed by atoms with Crippen LogP contribution in [0, 0.1) is 0 Å². The van der Waals surface area contributed by atoms with E-state index in [-0.39, 0.29) is 18.3 Å². The summed E-state index contributed by atoms with van der Waals surface area (Å²) in [5.41, 5.74) is 6.84. The molecule has 22 heavy (non-hydrogen) atoms. The van der Waals surface area contributed by atoms with Gasteiger partial charge in [0.05, 0.1) is 10.6 Å². The fourth-order valence-corrected chi connectivity index (χ4v) is 3.10. The zero-order valence-electron chi connectivity index (χ0n) is 13.2. The van der Waals surface area contributed by atoms with E-state index in [1.165, 1.54) is 12.8 Å². The summed E-state index contributed by atoms with van der Waals surface area (Å²) in [5, 5.41) is 0.438. The molecular formula is C16H25Cl2N3O. The minimum atomic E-state index is 0. The number of nitrogen functional groups attached to an aromatic ring is 1. The molecule has 1 aliphatic carbocycles. The Balaban J connectivity index is 0.00000242. The molecule has 1 saturated carbocycles. The van der Waals surface area contributed by atoms with Gasteiger partial charge in [-0.05, 0) is 45.1 Å². The van der Waals surface area contributed by atoms with E-state index in [4.69, 9.17) is 17.3 Å². The highest BCUT2D eigenvalue weighted by atomic mass is 35.5. The Labute approximate surface area is 144 Å². The summed E-state index contributed by atoms with van der Waals surface area (Å²) in [4.78, 5) is 16.9. The van der Waals surface area contributed by atoms with Crippen LogP contribution in [-0.4, -0.2) is 48.9 Å². The molecular weight excluding hydrogens is 321 g/mol. The highest BCUT2D eigenvalue weighted by Crippen LogP contribution is 2.27. The normalized spacial score (nSPS) is 14.9. The summed E-state index contributed by atoms with van der Waals surface area (Å²) < 4.78 is 0. The Morgan fingerprint density at radius 2 is 1.91 bits per heavy atom. The van der Waals surface area contributed by atoms with Gasteiger partial charge in [-0.1, -0.05) is 24.4 Å². The average molecular weight is 346 g/mol. The Hall–Kier alpha value is -0.970. The van der Waals surface area contributed by atoms with Crippen LogP contribution in [0.5, 0.6) is 0 Å². The van der Waals surface area contributed by atoms with Crippen LogP contribution in [-0.2, 0) is 0 Å². The Morgan fingerprint density at radius 3 is 2.45 bits per heavy atom. The Bertz CT molecular complexity index is 502. The third kappa shape index (κ3) is 4.77. The minimum Gasteiger partial charge on any atom is -0.399 e. The lowest BCUT2D eigenvalue weighted by atomic mass is 10.1. The fourth-order valence-electron chi connectivity index (χ4n) is 2.83. The molecule has 0 heterocycles. The van der Waals surface area contributed by atoms with Crippen LogP contribution >= 0.6 is 24.0 Å². The van der Waals surface area contributed by atoms with E-state index in [0.29, 0.717) is 22.3 Å². The number of halogens is 2. The summed E-state index contributed by atoms with van der Waals surface area (Å²) in [6, 6.07) is 5.45. The molecule has 6 heteroatoms. The number of hydrogen-bond acceptors (Lipinski definition) is 3. The number of hydrogen-bond donors (Lipinski definition) is 1. The number of rotatable bonds is 5. The van der Waals surface area contributed by atoms with Crippen molar-refractivity contribution >= 4 is 35.6 Å². The van der Waals surface area contributed by atoms with Crippen molar-refractivity contribution in [1.29, 1.82) is 0 Å². The Morgan fingerprint density at radius 1 is 1.27 bits per heavy atom. The molecule has 0 unspecified atom stereocenters. The second kappa shape index (κ2) is 8.61. The zero-order valence-corrected chi connectivity index (χ0v) is 14.8. The van der Waals surface area contributed by atoms with Crippen molar-refractivity contribution < 1.29 is 4.79 Å². The van der Waals surface area contributed by atoms with Crippen LogP contribution in [0.25, 0.3) is 0 Å². The maximum Gasteiger partial charge on any atom is 0.255 e. The summed E-state index contributed by atoms with van der Waals surface area (Å²) in [7, 11) is 4.04. The second-order valence-electron chi connectivity index (χ2n) is 5.98. The van der Waals surface area contributed by atoms with E-state index in [2.05, 4.69) is 4.90 Å². The van der Waals surface area contributed by atoms with Crippen molar-refractivity contribution in [3.8, 4) is 0 Å². The first-order chi connectivity index (χ1) is 9.99. The molecule has 1 amide bonds.